The van der Waals surface area contributed by atoms with Crippen LogP contribution in [0.1, 0.15) is 108 Å². The Morgan fingerprint density at radius 2 is 0.923 bits per heavy atom. The van der Waals surface area contributed by atoms with Gasteiger partial charge in [-0.15, -0.1) is 11.8 Å². The molecule has 0 radical (unpaired) electrons. The Morgan fingerprint density at radius 1 is 0.551 bits per heavy atom. The van der Waals surface area contributed by atoms with Crippen LogP contribution in [0.3, 0.4) is 0 Å². The highest BCUT2D eigenvalue weighted by Crippen LogP contribution is 2.32. The normalized spacial score (nSPS) is 12.9. The number of ether oxygens (including phenoxy) is 4. The van der Waals surface area contributed by atoms with Crippen LogP contribution in [0, 0.1) is 0 Å². The lowest BCUT2D eigenvalue weighted by Crippen LogP contribution is -2.41. The van der Waals surface area contributed by atoms with Gasteiger partial charge in [-0.3, -0.25) is 0 Å². The molecule has 0 aromatic heterocycles. The van der Waals surface area contributed by atoms with Gasteiger partial charge in [-0.25, -0.2) is 43.6 Å². The minimum atomic E-state index is -4.12. The number of nitrogens with zero attached hydrogens (tertiary/aromatic N) is 2. The summed E-state index contributed by atoms with van der Waals surface area (Å²) in [6.07, 6.45) is 0.910. The number of carbonyl (C=O) groups is 2. The predicted octanol–water partition coefficient (Wildman–Crippen LogP) is 11.8. The first-order valence-corrected chi connectivity index (χ1v) is 30.8. The molecule has 4 aromatic carbocycles. The molecule has 2 amide bonds. The number of sulfone groups is 1. The highest BCUT2D eigenvalue weighted by atomic mass is 32.2. The summed E-state index contributed by atoms with van der Waals surface area (Å²) in [7, 11) is -11.4. The molecule has 16 nitrogen and oxygen atoms in total. The van der Waals surface area contributed by atoms with Crippen LogP contribution in [0.5, 0.6) is 11.5 Å². The minimum Gasteiger partial charge on any atom is -0.488 e. The van der Waals surface area contributed by atoms with Crippen molar-refractivity contribution in [3.8, 4) is 11.5 Å². The van der Waals surface area contributed by atoms with Crippen LogP contribution in [0.15, 0.2) is 140 Å². The van der Waals surface area contributed by atoms with Crippen molar-refractivity contribution in [2.24, 2.45) is 0 Å². The van der Waals surface area contributed by atoms with Gasteiger partial charge in [0.1, 0.15) is 58.2 Å². The van der Waals surface area contributed by atoms with Gasteiger partial charge in [0.15, 0.2) is 9.84 Å². The third-order valence-electron chi connectivity index (χ3n) is 10.5. The molecule has 0 atom stereocenters. The van der Waals surface area contributed by atoms with E-state index in [1.54, 1.807) is 90.1 Å². The molecule has 0 spiro atoms. The Balaban J connectivity index is 0.000000411. The number of hydrogen-bond acceptors (Lipinski definition) is 13. The number of benzene rings is 4. The molecule has 0 saturated carbocycles. The first-order valence-electron chi connectivity index (χ1n) is 25.3. The van der Waals surface area contributed by atoms with Gasteiger partial charge in [0.25, 0.3) is 0 Å². The van der Waals surface area contributed by atoms with E-state index < -0.39 is 64.9 Å². The molecule has 4 rings (SSSR count). The molecule has 0 aliphatic rings. The number of alkyl carbamates (subject to hydrolysis) is 2. The molecule has 4 aromatic rings. The summed E-state index contributed by atoms with van der Waals surface area (Å²) in [6.45, 7) is 25.0. The van der Waals surface area contributed by atoms with Crippen molar-refractivity contribution in [1.82, 2.24) is 19.2 Å². The number of para-hydroxylation sites is 2. The van der Waals surface area contributed by atoms with Crippen LogP contribution in [0.2, 0.25) is 0 Å². The van der Waals surface area contributed by atoms with Crippen molar-refractivity contribution in [3.63, 3.8) is 0 Å². The smallest absolute Gasteiger partial charge is 0.407 e. The number of hydrogen-bond donors (Lipinski definition) is 2. The van der Waals surface area contributed by atoms with E-state index in [1.165, 1.54) is 56.8 Å². The van der Waals surface area contributed by atoms with E-state index in [9.17, 15) is 43.6 Å². The number of sulfonamides is 2. The van der Waals surface area contributed by atoms with E-state index >= 15 is 0 Å². The summed E-state index contributed by atoms with van der Waals surface area (Å²) in [4.78, 5) is 24.3. The van der Waals surface area contributed by atoms with Gasteiger partial charge < -0.3 is 29.6 Å². The molecule has 0 aliphatic carbocycles. The fourth-order valence-electron chi connectivity index (χ4n) is 7.54. The van der Waals surface area contributed by atoms with Crippen molar-refractivity contribution in [3.05, 3.63) is 132 Å². The Hall–Kier alpha value is -5.52. The number of halogens is 2. The average Bonchev–Trinajstić information content (AvgIpc) is 3.31. The van der Waals surface area contributed by atoms with Crippen molar-refractivity contribution >= 4 is 53.8 Å². The Bertz CT molecular complexity index is 2980. The number of rotatable bonds is 24. The lowest BCUT2D eigenvalue weighted by Gasteiger charge is -2.29. The van der Waals surface area contributed by atoms with Crippen molar-refractivity contribution in [2.75, 3.05) is 24.6 Å². The van der Waals surface area contributed by atoms with Crippen molar-refractivity contribution < 1.29 is 62.6 Å². The second-order valence-corrected chi connectivity index (χ2v) is 27.6. The largest absolute Gasteiger partial charge is 0.488 e. The maximum atomic E-state index is 14.4. The number of carbonyl (C=O) groups excluding carboxylic acids is 2. The highest BCUT2D eigenvalue weighted by molar-refractivity contribution is 7.99. The molecule has 0 saturated heterocycles. The van der Waals surface area contributed by atoms with E-state index in [2.05, 4.69) is 10.6 Å². The summed E-state index contributed by atoms with van der Waals surface area (Å²) in [5, 5.41) is 4.83. The third-order valence-corrected chi connectivity index (χ3v) is 17.8. The summed E-state index contributed by atoms with van der Waals surface area (Å²) in [6, 6.07) is 25.3. The van der Waals surface area contributed by atoms with E-state index in [0.29, 0.717) is 11.3 Å². The van der Waals surface area contributed by atoms with E-state index in [1.807, 2.05) is 73.6 Å². The van der Waals surface area contributed by atoms with Gasteiger partial charge in [0, 0.05) is 47.9 Å². The van der Waals surface area contributed by atoms with Crippen LogP contribution >= 0.6 is 11.8 Å². The number of thioether (sulfide) groups is 1. The standard InChI is InChI=1S/C28H39FN2O7S2.C28H39FN2O5S2/c1-20(2)31(21(3)4)40(35,36)24-14-12-22(13-15-24)18-37-25-10-8-9-11-26(25)39(33,34)19-23(29)16-17-30-27(32)38-28(5,6)7;1-20(2)31(21(3)4)38(33,34)24-14-12-22(13-15-24)18-35-25-10-8-9-11-26(25)37-19-23(29)16-17-30-27(32)36-28(5,6)7/h8-16,20-21H,17-19H2,1-7H3,(H,30,32);8-16,20-21H,17-19H2,1-7H3,(H,30,32)/b2*23-16-. The fourth-order valence-corrected chi connectivity index (χ4v) is 13.4. The summed E-state index contributed by atoms with van der Waals surface area (Å²) in [5.41, 5.74) is 0.0886. The quantitative estimate of drug-likeness (QED) is 0.0628. The molecule has 0 heterocycles. The van der Waals surface area contributed by atoms with E-state index in [0.717, 1.165) is 16.5 Å². The van der Waals surface area contributed by atoms with Gasteiger partial charge in [-0.2, -0.15) is 8.61 Å². The zero-order valence-electron chi connectivity index (χ0n) is 47.1. The maximum absolute atomic E-state index is 14.4. The van der Waals surface area contributed by atoms with Gasteiger partial charge >= 0.3 is 12.2 Å². The van der Waals surface area contributed by atoms with Crippen molar-refractivity contribution in [1.29, 1.82) is 0 Å². The van der Waals surface area contributed by atoms with Gasteiger partial charge in [-0.05, 0) is 169 Å². The van der Waals surface area contributed by atoms with E-state index in [4.69, 9.17) is 18.9 Å². The molecule has 22 heteroatoms. The maximum Gasteiger partial charge on any atom is 0.407 e. The predicted molar refractivity (Wildman–Crippen MR) is 303 cm³/mol. The molecular weight excluding hydrogens is 1090 g/mol. The second kappa shape index (κ2) is 29.6. The zero-order valence-corrected chi connectivity index (χ0v) is 50.4. The average molecular weight is 1170 g/mol. The lowest BCUT2D eigenvalue weighted by atomic mass is 10.2. The number of amides is 2. The molecule has 0 fully saturated rings. The molecule has 0 aliphatic heterocycles. The van der Waals surface area contributed by atoms with Crippen LogP contribution < -0.4 is 20.1 Å². The molecule has 78 heavy (non-hydrogen) atoms. The summed E-state index contributed by atoms with van der Waals surface area (Å²) in [5.74, 6) is -1.54. The highest BCUT2D eigenvalue weighted by Gasteiger charge is 2.31. The lowest BCUT2D eigenvalue weighted by molar-refractivity contribution is 0.0522. The number of nitrogens with one attached hydrogen (secondary N) is 2. The Labute approximate surface area is 466 Å². The minimum absolute atomic E-state index is 0.0251. The topological polar surface area (TPSA) is 204 Å². The molecular formula is C56H78F2N4O12S4. The summed E-state index contributed by atoms with van der Waals surface area (Å²) < 4.78 is 132. The van der Waals surface area contributed by atoms with Gasteiger partial charge in [0.2, 0.25) is 20.0 Å². The Kier molecular flexibility index (Phi) is 25.4. The van der Waals surface area contributed by atoms with Crippen LogP contribution in [-0.2, 0) is 52.6 Å². The third kappa shape index (κ3) is 22.0. The molecule has 2 N–H and O–H groups in total. The SMILES string of the molecule is CC(C)N(C(C)C)S(=O)(=O)c1ccc(COc2ccccc2S(=O)(=O)C/C(F)=C/CNC(=O)OC(C)(C)C)cc1.CC(C)N(C(C)C)S(=O)(=O)c1ccc(COc2ccccc2SC/C(F)=C/CNC(=O)OC(C)(C)C)cc1. The van der Waals surface area contributed by atoms with Gasteiger partial charge in [-0.1, -0.05) is 48.5 Å². The van der Waals surface area contributed by atoms with Crippen LogP contribution in [0.4, 0.5) is 18.4 Å². The molecule has 0 bridgehead atoms. The molecule has 432 valence electrons. The Morgan fingerprint density at radius 3 is 1.33 bits per heavy atom. The second-order valence-electron chi connectivity index (χ2n) is 20.9. The fraction of sp³-hybridized carbons (Fsp3) is 0.464. The zero-order chi connectivity index (χ0) is 58.8. The van der Waals surface area contributed by atoms with Crippen LogP contribution in [0.25, 0.3) is 0 Å². The van der Waals surface area contributed by atoms with Gasteiger partial charge in [0.05, 0.1) is 9.79 Å². The van der Waals surface area contributed by atoms with Crippen LogP contribution in [-0.4, -0.2) is 106 Å². The van der Waals surface area contributed by atoms with Crippen molar-refractivity contribution in [2.45, 2.75) is 165 Å². The first-order chi connectivity index (χ1) is 36.1. The monoisotopic (exact) mass is 1160 g/mol. The summed E-state index contributed by atoms with van der Waals surface area (Å²) >= 11 is 1.28. The first kappa shape index (κ1) is 66.8. The molecule has 0 unspecified atom stereocenters. The van der Waals surface area contributed by atoms with E-state index in [-0.39, 0.29) is 82.5 Å².